The van der Waals surface area contributed by atoms with Crippen molar-refractivity contribution in [3.8, 4) is 67.8 Å². The van der Waals surface area contributed by atoms with Gasteiger partial charge in [-0.15, -0.1) is 22.7 Å². The van der Waals surface area contributed by atoms with Crippen LogP contribution in [-0.4, -0.2) is 24.1 Å². The molecule has 482 valence electrons. The number of para-hydroxylation sites is 4. The van der Waals surface area contributed by atoms with Crippen LogP contribution in [0.1, 0.15) is 18.1 Å². The zero-order valence-electron chi connectivity index (χ0n) is 55.6. The van der Waals surface area contributed by atoms with E-state index in [-0.39, 0.29) is 0 Å². The molecular weight excluding hydrogens is 1300 g/mol. The summed E-state index contributed by atoms with van der Waals surface area (Å²) >= 11 is 3.62. The van der Waals surface area contributed by atoms with Crippen LogP contribution >= 0.6 is 22.7 Å². The van der Waals surface area contributed by atoms with Crippen molar-refractivity contribution in [3.63, 3.8) is 0 Å². The molecular formula is C94H57N5O2S2. The van der Waals surface area contributed by atoms with Crippen LogP contribution < -0.4 is 0 Å². The number of allylic oxidation sites excluding steroid dienone is 5. The largest absolute Gasteiger partial charge is 0.456 e. The van der Waals surface area contributed by atoms with Crippen LogP contribution in [0.15, 0.2) is 331 Å². The summed E-state index contributed by atoms with van der Waals surface area (Å²) in [4.78, 5) is 15.8. The Balaban J connectivity index is 0.631. The molecule has 7 heterocycles. The Kier molecular flexibility index (Phi) is 13.3. The van der Waals surface area contributed by atoms with Gasteiger partial charge >= 0.3 is 0 Å². The van der Waals surface area contributed by atoms with Gasteiger partial charge in [-0.05, 0) is 149 Å². The van der Waals surface area contributed by atoms with E-state index in [0.29, 0.717) is 17.5 Å². The van der Waals surface area contributed by atoms with Crippen molar-refractivity contribution in [3.05, 3.63) is 333 Å². The third-order valence-corrected chi connectivity index (χ3v) is 23.2. The van der Waals surface area contributed by atoms with Crippen LogP contribution in [0.3, 0.4) is 0 Å². The lowest BCUT2D eigenvalue weighted by molar-refractivity contribution is 0.668. The van der Waals surface area contributed by atoms with E-state index in [0.717, 1.165) is 142 Å². The second-order valence-corrected chi connectivity index (χ2v) is 28.5. The quantitative estimate of drug-likeness (QED) is 0.121. The molecule has 0 unspecified atom stereocenters. The molecule has 0 aliphatic carbocycles. The lowest BCUT2D eigenvalue weighted by Gasteiger charge is -2.13. The van der Waals surface area contributed by atoms with Crippen LogP contribution in [0.2, 0.25) is 0 Å². The van der Waals surface area contributed by atoms with Gasteiger partial charge < -0.3 is 18.0 Å². The van der Waals surface area contributed by atoms with Crippen molar-refractivity contribution in [1.82, 2.24) is 24.1 Å². The molecule has 0 atom stereocenters. The second-order valence-electron chi connectivity index (χ2n) is 26.5. The summed E-state index contributed by atoms with van der Waals surface area (Å²) in [6.07, 6.45) is 6.52. The molecule has 0 saturated carbocycles. The first-order valence-electron chi connectivity index (χ1n) is 34.7. The molecule has 0 aliphatic heterocycles. The topological polar surface area (TPSA) is 74.8 Å². The maximum Gasteiger partial charge on any atom is 0.165 e. The summed E-state index contributed by atoms with van der Waals surface area (Å²) < 4.78 is 23.1. The predicted octanol–water partition coefficient (Wildman–Crippen LogP) is 26.6. The van der Waals surface area contributed by atoms with Crippen LogP contribution in [0.5, 0.6) is 0 Å². The van der Waals surface area contributed by atoms with Crippen molar-refractivity contribution in [2.24, 2.45) is 0 Å². The molecule has 0 spiro atoms. The first kappa shape index (κ1) is 58.9. The van der Waals surface area contributed by atoms with E-state index >= 15 is 0 Å². The molecule has 0 fully saturated rings. The van der Waals surface area contributed by atoms with Gasteiger partial charge in [0.2, 0.25) is 0 Å². The number of furan rings is 2. The Morgan fingerprint density at radius 2 is 0.806 bits per heavy atom. The second kappa shape index (κ2) is 23.3. The van der Waals surface area contributed by atoms with Gasteiger partial charge in [0.15, 0.2) is 17.5 Å². The average Bonchev–Trinajstić information content (AvgIpc) is 1.56. The zero-order valence-corrected chi connectivity index (χ0v) is 57.2. The number of benzene rings is 14. The van der Waals surface area contributed by atoms with E-state index in [9.17, 15) is 0 Å². The third-order valence-electron chi connectivity index (χ3n) is 20.7. The number of rotatable bonds is 11. The number of fused-ring (bicyclic) bond motifs is 20. The molecule has 21 aromatic rings. The molecule has 0 saturated heterocycles. The van der Waals surface area contributed by atoms with Gasteiger partial charge in [0, 0.05) is 89.4 Å². The first-order chi connectivity index (χ1) is 50.9. The van der Waals surface area contributed by atoms with E-state index in [4.69, 9.17) is 23.8 Å². The summed E-state index contributed by atoms with van der Waals surface area (Å²) in [6.45, 7) is 6.77. The summed E-state index contributed by atoms with van der Waals surface area (Å²) in [6, 6.07) is 106. The predicted molar refractivity (Wildman–Crippen MR) is 434 cm³/mol. The number of hydrogen-bond acceptors (Lipinski definition) is 7. The van der Waals surface area contributed by atoms with Crippen LogP contribution in [0, 0.1) is 0 Å². The minimum atomic E-state index is 0.582. The molecule has 103 heavy (non-hydrogen) atoms. The number of hydrogen-bond donors (Lipinski definition) is 0. The standard InChI is InChI=1S/C94H57N5O2S2/c1-3-56(61-52-62(58-22-6-4-7-23-58)54-63(53-61)64-30-18-32-71-84-83(102-89(64)71)51-50-81-87(84)85-77(38-20-40-79(85)100-81)98-73-34-14-10-26-65(73)66-27-11-15-35-74(66)98)43-42-55(2)57-44-46-60(47-45-57)93-95-92(59-24-8-5-9-25-59)96-94(97-93)72-33-19-31-69-70-48-49-82-88(91(70)103-90(69)72)86-78(39-21-41-80(86)101-82)99-75-36-16-12-28-67(75)68-29-13-17-37-76(68)99/h3-54H,2H2,1H3/b43-42-,56-3+. The Hall–Kier alpha value is -13.1. The normalized spacial score (nSPS) is 12.4. The molecule has 0 bridgehead atoms. The zero-order chi connectivity index (χ0) is 68.0. The number of nitrogens with zero attached hydrogens (tertiary/aromatic N) is 5. The van der Waals surface area contributed by atoms with Gasteiger partial charge in [-0.1, -0.05) is 225 Å². The van der Waals surface area contributed by atoms with Crippen LogP contribution in [0.25, 0.3) is 207 Å². The highest BCUT2D eigenvalue weighted by molar-refractivity contribution is 7.27. The first-order valence-corrected chi connectivity index (χ1v) is 36.3. The van der Waals surface area contributed by atoms with Crippen molar-refractivity contribution in [2.45, 2.75) is 6.92 Å². The SMILES string of the molecule is C=C(/C=C\C(=C/C)c1cc(-c2ccccc2)cc(-c2cccc3c2sc2ccc4oc5cccc(-n6c7ccccc7c7ccccc76)c5c4c23)c1)c1ccc(-c2nc(-c3ccccc3)nc(-c3cccc4c3sc3c4ccc4oc5cccc(-n6c7ccccc7c7ccccc76)c5c43)n2)cc1. The minimum absolute atomic E-state index is 0.582. The highest BCUT2D eigenvalue weighted by Crippen LogP contribution is 2.51. The average molecular weight is 1350 g/mol. The van der Waals surface area contributed by atoms with Crippen LogP contribution in [0.4, 0.5) is 0 Å². The Morgan fingerprint density at radius 1 is 0.330 bits per heavy atom. The van der Waals surface area contributed by atoms with E-state index in [1.165, 1.54) is 58.3 Å². The van der Waals surface area contributed by atoms with Gasteiger partial charge in [-0.3, -0.25) is 0 Å². The van der Waals surface area contributed by atoms with Gasteiger partial charge in [0.05, 0.1) is 44.2 Å². The van der Waals surface area contributed by atoms with Gasteiger partial charge in [0.25, 0.3) is 0 Å². The maximum atomic E-state index is 6.82. The molecule has 14 aromatic carbocycles. The van der Waals surface area contributed by atoms with E-state index in [1.807, 2.05) is 29.5 Å². The molecule has 0 aliphatic rings. The lowest BCUT2D eigenvalue weighted by atomic mass is 9.92. The van der Waals surface area contributed by atoms with Crippen molar-refractivity contribution in [2.75, 3.05) is 0 Å². The van der Waals surface area contributed by atoms with Crippen molar-refractivity contribution in [1.29, 1.82) is 0 Å². The monoisotopic (exact) mass is 1350 g/mol. The Bertz CT molecular complexity index is 7090. The van der Waals surface area contributed by atoms with E-state index in [2.05, 4.69) is 320 Å². The Morgan fingerprint density at radius 3 is 1.43 bits per heavy atom. The smallest absolute Gasteiger partial charge is 0.165 e. The molecule has 7 nitrogen and oxygen atoms in total. The molecule has 0 amide bonds. The van der Waals surface area contributed by atoms with Crippen molar-refractivity contribution >= 4 is 162 Å². The van der Waals surface area contributed by atoms with Gasteiger partial charge in [0.1, 0.15) is 22.3 Å². The highest BCUT2D eigenvalue weighted by atomic mass is 32.1. The van der Waals surface area contributed by atoms with E-state index < -0.39 is 0 Å². The lowest BCUT2D eigenvalue weighted by Crippen LogP contribution is -2.00. The van der Waals surface area contributed by atoms with Gasteiger partial charge in [-0.2, -0.15) is 0 Å². The fourth-order valence-electron chi connectivity index (χ4n) is 16.0. The number of aromatic nitrogens is 5. The molecule has 7 aromatic heterocycles. The van der Waals surface area contributed by atoms with Crippen LogP contribution in [-0.2, 0) is 0 Å². The van der Waals surface area contributed by atoms with Gasteiger partial charge in [-0.25, -0.2) is 15.0 Å². The number of thiophene rings is 2. The molecule has 21 rings (SSSR count). The highest BCUT2D eigenvalue weighted by Gasteiger charge is 2.26. The third kappa shape index (κ3) is 9.23. The van der Waals surface area contributed by atoms with E-state index in [1.54, 1.807) is 11.3 Å². The molecule has 0 radical (unpaired) electrons. The Labute approximate surface area is 598 Å². The fourth-order valence-corrected chi connectivity index (χ4v) is 18.6. The minimum Gasteiger partial charge on any atom is -0.456 e. The molecule has 0 N–H and O–H groups in total. The molecule has 9 heteroatoms. The summed E-state index contributed by atoms with van der Waals surface area (Å²) in [5, 5.41) is 14.0. The summed E-state index contributed by atoms with van der Waals surface area (Å²) in [5.74, 6) is 1.78. The van der Waals surface area contributed by atoms with Crippen molar-refractivity contribution < 1.29 is 8.83 Å². The maximum absolute atomic E-state index is 6.82. The summed E-state index contributed by atoms with van der Waals surface area (Å²) in [5.41, 5.74) is 21.6. The summed E-state index contributed by atoms with van der Waals surface area (Å²) in [7, 11) is 0. The fraction of sp³-hybridized carbons (Fsp3) is 0.0106.